The van der Waals surface area contributed by atoms with Crippen LogP contribution in [0.2, 0.25) is 0 Å². The maximum Gasteiger partial charge on any atom is 0.252 e. The van der Waals surface area contributed by atoms with Crippen molar-refractivity contribution in [3.05, 3.63) is 222 Å². The average molecular weight is 987 g/mol. The number of aryl methyl sites for hydroxylation is 1. The minimum Gasteiger partial charge on any atom is -0.456 e. The summed E-state index contributed by atoms with van der Waals surface area (Å²) in [5, 5.41) is 2.21. The van der Waals surface area contributed by atoms with Crippen LogP contribution in [0, 0.1) is 6.92 Å². The van der Waals surface area contributed by atoms with E-state index in [1.807, 2.05) is 24.3 Å². The predicted molar refractivity (Wildman–Crippen MR) is 323 cm³/mol. The average Bonchev–Trinajstić information content (AvgIpc) is 4.03. The second kappa shape index (κ2) is 17.4. The van der Waals surface area contributed by atoms with Gasteiger partial charge in [0.1, 0.15) is 22.7 Å². The van der Waals surface area contributed by atoms with Crippen molar-refractivity contribution in [2.45, 2.75) is 85.5 Å². The van der Waals surface area contributed by atoms with E-state index in [2.05, 4.69) is 255 Å². The number of benzene rings is 9. The van der Waals surface area contributed by atoms with Crippen LogP contribution in [-0.2, 0) is 16.2 Å². The summed E-state index contributed by atoms with van der Waals surface area (Å²) in [5.41, 5.74) is 24.6. The third-order valence-corrected chi connectivity index (χ3v) is 15.9. The monoisotopic (exact) mass is 986 g/mol. The number of hydrogen-bond donors (Lipinski definition) is 0. The Morgan fingerprint density at radius 1 is 0.342 bits per heavy atom. The summed E-state index contributed by atoms with van der Waals surface area (Å²) in [4.78, 5) is 5.15. The smallest absolute Gasteiger partial charge is 0.252 e. The van der Waals surface area contributed by atoms with Crippen molar-refractivity contribution in [3.63, 3.8) is 0 Å². The molecule has 11 aromatic rings. The van der Waals surface area contributed by atoms with Crippen molar-refractivity contribution in [1.29, 1.82) is 0 Å². The number of anilines is 6. The normalized spacial score (nSPS) is 13.3. The van der Waals surface area contributed by atoms with Gasteiger partial charge >= 0.3 is 0 Å². The Labute approximate surface area is 448 Å². The largest absolute Gasteiger partial charge is 0.456 e. The Kier molecular flexibility index (Phi) is 10.9. The molecule has 0 atom stereocenters. The van der Waals surface area contributed by atoms with Gasteiger partial charge in [-0.15, -0.1) is 0 Å². The summed E-state index contributed by atoms with van der Waals surface area (Å²) >= 11 is 0. The lowest BCUT2D eigenvalue weighted by molar-refractivity contribution is 0.568. The summed E-state index contributed by atoms with van der Waals surface area (Å²) in [6.45, 7) is 23.3. The zero-order valence-corrected chi connectivity index (χ0v) is 45.3. The van der Waals surface area contributed by atoms with Crippen LogP contribution in [0.25, 0.3) is 66.8 Å². The molecule has 0 amide bonds. The van der Waals surface area contributed by atoms with Gasteiger partial charge in [-0.2, -0.15) is 0 Å². The van der Waals surface area contributed by atoms with Gasteiger partial charge in [-0.25, -0.2) is 0 Å². The van der Waals surface area contributed by atoms with Crippen molar-refractivity contribution in [3.8, 4) is 44.9 Å². The molecular formula is C71H63BN2O2. The van der Waals surface area contributed by atoms with E-state index >= 15 is 0 Å². The van der Waals surface area contributed by atoms with Crippen LogP contribution >= 0.6 is 0 Å². The van der Waals surface area contributed by atoms with Crippen LogP contribution in [0.15, 0.2) is 209 Å². The molecule has 0 aliphatic carbocycles. The highest BCUT2D eigenvalue weighted by molar-refractivity contribution is 7.00. The van der Waals surface area contributed by atoms with E-state index in [9.17, 15) is 0 Å². The lowest BCUT2D eigenvalue weighted by Gasteiger charge is -2.45. The minimum absolute atomic E-state index is 0.0308. The molecule has 372 valence electrons. The fraction of sp³-hybridized carbons (Fsp3) is 0.183. The van der Waals surface area contributed by atoms with Crippen molar-refractivity contribution >= 4 is 79.2 Å². The first kappa shape index (κ1) is 47.4. The summed E-state index contributed by atoms with van der Waals surface area (Å²) in [6, 6.07) is 74.2. The van der Waals surface area contributed by atoms with Gasteiger partial charge in [0.05, 0.1) is 0 Å². The van der Waals surface area contributed by atoms with E-state index in [4.69, 9.17) is 8.83 Å². The zero-order valence-electron chi connectivity index (χ0n) is 45.3. The number of hydrogen-bond acceptors (Lipinski definition) is 4. The van der Waals surface area contributed by atoms with E-state index in [1.165, 1.54) is 67.1 Å². The molecule has 0 saturated carbocycles. The molecule has 2 aliphatic heterocycles. The maximum atomic E-state index is 6.32. The van der Waals surface area contributed by atoms with Crippen LogP contribution in [0.4, 0.5) is 34.1 Å². The third kappa shape index (κ3) is 8.16. The number of nitrogens with zero attached hydrogens (tertiary/aromatic N) is 2. The molecule has 0 N–H and O–H groups in total. The van der Waals surface area contributed by atoms with Gasteiger partial charge in [0.25, 0.3) is 6.71 Å². The number of para-hydroxylation sites is 2. The number of rotatable bonds is 6. The quantitative estimate of drug-likeness (QED) is 0.155. The highest BCUT2D eigenvalue weighted by atomic mass is 16.3. The molecule has 5 heteroatoms. The van der Waals surface area contributed by atoms with Gasteiger partial charge < -0.3 is 18.6 Å². The molecule has 76 heavy (non-hydrogen) atoms. The molecule has 2 aromatic heterocycles. The summed E-state index contributed by atoms with van der Waals surface area (Å²) in [6.07, 6.45) is 0. The van der Waals surface area contributed by atoms with Gasteiger partial charge in [0.15, 0.2) is 0 Å². The van der Waals surface area contributed by atoms with Crippen LogP contribution < -0.4 is 26.2 Å². The van der Waals surface area contributed by atoms with Crippen LogP contribution in [0.3, 0.4) is 0 Å². The van der Waals surface area contributed by atoms with Crippen molar-refractivity contribution < 1.29 is 8.83 Å². The standard InChI is InChI=1S/C71H63BN2O2/c1-44-34-62-68-63(35-44)74(57-41-54(70(5,6)7)40-55(42-57)71(8,9)10)60-33-31-53(69(2,3)4)43-59(60)72(68)58-32-30-50(46-24-28-48(29-25-46)67-39-52-17-12-14-21-65(52)76-67)37-61(58)73(62)56-19-15-18-49(36-56)45-22-26-47(27-23-45)66-38-51-16-11-13-20-64(51)75-66/h11-43H,1-10H3. The molecule has 2 aliphatic rings. The lowest BCUT2D eigenvalue weighted by Crippen LogP contribution is -2.61. The SMILES string of the molecule is Cc1cc2c3c(c1)N(c1cccc(-c4ccc(-c5cc6ccccc6o5)cc4)c1)c1cc(-c4ccc(-c5cc6ccccc6o5)cc4)ccc1B3c1cc(C(C)(C)C)ccc1N2c1cc(C(C)(C)C)cc(C(C)(C)C)c1. The van der Waals surface area contributed by atoms with Crippen molar-refractivity contribution in [2.75, 3.05) is 9.80 Å². The summed E-state index contributed by atoms with van der Waals surface area (Å²) in [5.74, 6) is 1.74. The highest BCUT2D eigenvalue weighted by Crippen LogP contribution is 2.48. The second-order valence-corrected chi connectivity index (χ2v) is 24.4. The Morgan fingerprint density at radius 3 is 1.38 bits per heavy atom. The molecule has 13 rings (SSSR count). The van der Waals surface area contributed by atoms with E-state index in [0.717, 1.165) is 72.5 Å². The fourth-order valence-corrected chi connectivity index (χ4v) is 11.7. The van der Waals surface area contributed by atoms with Gasteiger partial charge in [-0.05, 0) is 157 Å². The minimum atomic E-state index is -0.0611. The summed E-state index contributed by atoms with van der Waals surface area (Å²) < 4.78 is 12.6. The van der Waals surface area contributed by atoms with Crippen LogP contribution in [0.5, 0.6) is 0 Å². The van der Waals surface area contributed by atoms with Crippen molar-refractivity contribution in [1.82, 2.24) is 0 Å². The second-order valence-electron chi connectivity index (χ2n) is 24.4. The Bertz CT molecular complexity index is 3980. The molecule has 4 heterocycles. The number of fused-ring (bicyclic) bond motifs is 6. The van der Waals surface area contributed by atoms with E-state index in [-0.39, 0.29) is 23.0 Å². The molecule has 0 fully saturated rings. The van der Waals surface area contributed by atoms with Crippen LogP contribution in [-0.4, -0.2) is 6.71 Å². The Balaban J connectivity index is 1.01. The number of furan rings is 2. The first-order valence-corrected chi connectivity index (χ1v) is 26.9. The summed E-state index contributed by atoms with van der Waals surface area (Å²) in [7, 11) is 0. The molecule has 0 radical (unpaired) electrons. The van der Waals surface area contributed by atoms with Gasteiger partial charge in [-0.3, -0.25) is 0 Å². The Hall–Kier alpha value is -8.28. The molecular weight excluding hydrogens is 924 g/mol. The third-order valence-electron chi connectivity index (χ3n) is 15.9. The Morgan fingerprint density at radius 2 is 0.842 bits per heavy atom. The zero-order chi connectivity index (χ0) is 52.4. The predicted octanol–water partition coefficient (Wildman–Crippen LogP) is 18.1. The van der Waals surface area contributed by atoms with E-state index in [0.29, 0.717) is 0 Å². The van der Waals surface area contributed by atoms with Gasteiger partial charge in [-0.1, -0.05) is 190 Å². The first-order valence-electron chi connectivity index (χ1n) is 26.9. The van der Waals surface area contributed by atoms with E-state index in [1.54, 1.807) is 0 Å². The molecule has 0 bridgehead atoms. The van der Waals surface area contributed by atoms with E-state index < -0.39 is 0 Å². The van der Waals surface area contributed by atoms with Gasteiger partial charge in [0.2, 0.25) is 0 Å². The lowest BCUT2D eigenvalue weighted by atomic mass is 9.33. The molecule has 9 aromatic carbocycles. The maximum absolute atomic E-state index is 6.32. The molecule has 0 unspecified atom stereocenters. The molecule has 4 nitrogen and oxygen atoms in total. The van der Waals surface area contributed by atoms with Gasteiger partial charge in [0, 0.05) is 56.0 Å². The van der Waals surface area contributed by atoms with Crippen LogP contribution in [0.1, 0.15) is 84.6 Å². The highest BCUT2D eigenvalue weighted by Gasteiger charge is 2.44. The topological polar surface area (TPSA) is 32.8 Å². The fourth-order valence-electron chi connectivity index (χ4n) is 11.7. The van der Waals surface area contributed by atoms with Crippen molar-refractivity contribution in [2.24, 2.45) is 0 Å². The molecule has 0 spiro atoms. The first-order chi connectivity index (χ1) is 36.4. The molecule has 0 saturated heterocycles.